The van der Waals surface area contributed by atoms with E-state index in [-0.39, 0.29) is 16.4 Å². The molecule has 2 aromatic carbocycles. The van der Waals surface area contributed by atoms with Crippen LogP contribution in [-0.2, 0) is 10.8 Å². The lowest BCUT2D eigenvalue weighted by atomic mass is 9.73. The maximum Gasteiger partial charge on any atom is 0.120 e. The first-order valence-electron chi connectivity index (χ1n) is 9.56. The first kappa shape index (κ1) is 20.5. The summed E-state index contributed by atoms with van der Waals surface area (Å²) in [4.78, 5) is 0. The Bertz CT molecular complexity index is 702. The van der Waals surface area contributed by atoms with Crippen LogP contribution in [0.15, 0.2) is 48.5 Å². The fourth-order valence-corrected chi connectivity index (χ4v) is 3.33. The van der Waals surface area contributed by atoms with E-state index in [0.717, 1.165) is 12.2 Å². The van der Waals surface area contributed by atoms with Gasteiger partial charge in [0, 0.05) is 5.41 Å². The van der Waals surface area contributed by atoms with Crippen molar-refractivity contribution in [2.45, 2.75) is 71.3 Å². The third kappa shape index (κ3) is 4.88. The highest BCUT2D eigenvalue weighted by Crippen LogP contribution is 2.37. The molecule has 0 fully saturated rings. The van der Waals surface area contributed by atoms with Gasteiger partial charge in [-0.15, -0.1) is 0 Å². The third-order valence-corrected chi connectivity index (χ3v) is 4.95. The Morgan fingerprint density at radius 1 is 0.692 bits per heavy atom. The summed E-state index contributed by atoms with van der Waals surface area (Å²) in [7, 11) is 0. The van der Waals surface area contributed by atoms with Crippen molar-refractivity contribution in [1.29, 1.82) is 0 Å². The molecule has 0 heterocycles. The highest BCUT2D eigenvalue weighted by Gasteiger charge is 2.29. The predicted molar refractivity (Wildman–Crippen MR) is 112 cm³/mol. The Hall–Kier alpha value is -1.80. The van der Waals surface area contributed by atoms with Crippen LogP contribution in [0.2, 0.25) is 0 Å². The van der Waals surface area contributed by atoms with Crippen LogP contribution in [0.1, 0.15) is 71.6 Å². The van der Waals surface area contributed by atoms with Crippen LogP contribution < -0.4 is 10.5 Å². The minimum Gasteiger partial charge on any atom is -0.488 e. The Morgan fingerprint density at radius 3 is 1.50 bits per heavy atom. The maximum absolute atomic E-state index is 5.98. The van der Waals surface area contributed by atoms with E-state index in [1.165, 1.54) is 16.7 Å². The minimum atomic E-state index is -0.190. The minimum absolute atomic E-state index is 0.106. The molecule has 0 aliphatic rings. The zero-order chi connectivity index (χ0) is 19.6. The molecule has 2 N–H and O–H groups in total. The van der Waals surface area contributed by atoms with Crippen molar-refractivity contribution >= 4 is 0 Å². The van der Waals surface area contributed by atoms with E-state index in [1.807, 2.05) is 0 Å². The molecule has 0 bridgehead atoms. The van der Waals surface area contributed by atoms with Gasteiger partial charge in [-0.05, 0) is 68.0 Å². The molecule has 0 radical (unpaired) electrons. The molecular weight excluding hydrogens is 318 g/mol. The van der Waals surface area contributed by atoms with Gasteiger partial charge in [-0.2, -0.15) is 0 Å². The van der Waals surface area contributed by atoms with Gasteiger partial charge < -0.3 is 10.5 Å². The lowest BCUT2D eigenvalue weighted by Gasteiger charge is -2.32. The molecule has 2 nitrogen and oxygen atoms in total. The van der Waals surface area contributed by atoms with Gasteiger partial charge in [0.15, 0.2) is 0 Å². The third-order valence-electron chi connectivity index (χ3n) is 4.95. The highest BCUT2D eigenvalue weighted by molar-refractivity contribution is 5.42. The van der Waals surface area contributed by atoms with Gasteiger partial charge >= 0.3 is 0 Å². The molecule has 1 atom stereocenters. The Balaban J connectivity index is 2.37. The molecule has 1 unspecified atom stereocenters. The molecule has 26 heavy (non-hydrogen) atoms. The standard InChI is InChI=1S/C24H35NO/c1-22(2,3)18-8-10-19(11-9-18)24(7,16-17-25)20-12-14-21(15-13-20)26-23(4,5)6/h8-15H,16-17,25H2,1-7H3. The summed E-state index contributed by atoms with van der Waals surface area (Å²) in [6.07, 6.45) is 0.904. The fourth-order valence-electron chi connectivity index (χ4n) is 3.33. The van der Waals surface area contributed by atoms with E-state index >= 15 is 0 Å². The highest BCUT2D eigenvalue weighted by atomic mass is 16.5. The SMILES string of the molecule is CC(C)(C)Oc1ccc(C(C)(CCN)c2ccc(C(C)(C)C)cc2)cc1. The van der Waals surface area contributed by atoms with E-state index in [4.69, 9.17) is 10.5 Å². The van der Waals surface area contributed by atoms with Crippen LogP contribution in [0.4, 0.5) is 0 Å². The molecule has 0 saturated heterocycles. The molecular formula is C24H35NO. The van der Waals surface area contributed by atoms with Crippen LogP contribution in [0.25, 0.3) is 0 Å². The topological polar surface area (TPSA) is 35.2 Å². The molecule has 0 aromatic heterocycles. The number of hydrogen-bond acceptors (Lipinski definition) is 2. The van der Waals surface area contributed by atoms with Gasteiger partial charge in [-0.1, -0.05) is 64.1 Å². The number of nitrogens with two attached hydrogens (primary N) is 1. The van der Waals surface area contributed by atoms with Crippen LogP contribution >= 0.6 is 0 Å². The van der Waals surface area contributed by atoms with E-state index in [1.54, 1.807) is 0 Å². The monoisotopic (exact) mass is 353 g/mol. The largest absolute Gasteiger partial charge is 0.488 e. The lowest BCUT2D eigenvalue weighted by molar-refractivity contribution is 0.131. The number of hydrogen-bond donors (Lipinski definition) is 1. The molecule has 2 heteroatoms. The number of rotatable bonds is 5. The summed E-state index contributed by atoms with van der Waals surface area (Å²) < 4.78 is 5.96. The zero-order valence-corrected chi connectivity index (χ0v) is 17.5. The molecule has 2 aromatic rings. The molecule has 2 rings (SSSR count). The van der Waals surface area contributed by atoms with Gasteiger partial charge in [0.1, 0.15) is 11.4 Å². The molecule has 0 spiro atoms. The normalized spacial score (nSPS) is 14.8. The quantitative estimate of drug-likeness (QED) is 0.735. The summed E-state index contributed by atoms with van der Waals surface area (Å²) in [5.41, 5.74) is 9.77. The molecule has 0 aliphatic heterocycles. The number of ether oxygens (including phenoxy) is 1. The summed E-state index contributed by atoms with van der Waals surface area (Å²) in [6, 6.07) is 17.5. The second-order valence-corrected chi connectivity index (χ2v) is 9.44. The Labute approximate surface area is 159 Å². The van der Waals surface area contributed by atoms with Crippen molar-refractivity contribution in [2.24, 2.45) is 5.73 Å². The van der Waals surface area contributed by atoms with Crippen molar-refractivity contribution in [1.82, 2.24) is 0 Å². The van der Waals surface area contributed by atoms with Crippen LogP contribution in [0.3, 0.4) is 0 Å². The summed E-state index contributed by atoms with van der Waals surface area (Å²) >= 11 is 0. The average molecular weight is 354 g/mol. The van der Waals surface area contributed by atoms with Gasteiger partial charge in [-0.25, -0.2) is 0 Å². The summed E-state index contributed by atoms with van der Waals surface area (Å²) in [5.74, 6) is 0.902. The second-order valence-electron chi connectivity index (χ2n) is 9.44. The first-order valence-corrected chi connectivity index (χ1v) is 9.56. The van der Waals surface area contributed by atoms with Gasteiger partial charge in [0.2, 0.25) is 0 Å². The van der Waals surface area contributed by atoms with E-state index < -0.39 is 0 Å². The summed E-state index contributed by atoms with van der Waals surface area (Å²) in [6.45, 7) is 15.9. The zero-order valence-electron chi connectivity index (χ0n) is 17.5. The van der Waals surface area contributed by atoms with Crippen molar-refractivity contribution in [2.75, 3.05) is 6.54 Å². The molecule has 142 valence electrons. The molecule has 0 aliphatic carbocycles. The van der Waals surface area contributed by atoms with Crippen LogP contribution in [-0.4, -0.2) is 12.1 Å². The predicted octanol–water partition coefficient (Wildman–Crippen LogP) is 5.82. The lowest BCUT2D eigenvalue weighted by Crippen LogP contribution is -2.27. The molecule has 0 amide bonds. The first-order chi connectivity index (χ1) is 12.0. The van der Waals surface area contributed by atoms with Gasteiger partial charge in [0.05, 0.1) is 0 Å². The van der Waals surface area contributed by atoms with Crippen molar-refractivity contribution in [3.8, 4) is 5.75 Å². The Kier molecular flexibility index (Phi) is 5.87. The average Bonchev–Trinajstić information content (AvgIpc) is 2.53. The van der Waals surface area contributed by atoms with Gasteiger partial charge in [-0.3, -0.25) is 0 Å². The summed E-state index contributed by atoms with van der Waals surface area (Å²) in [5, 5.41) is 0. The smallest absolute Gasteiger partial charge is 0.120 e. The van der Waals surface area contributed by atoms with Crippen LogP contribution in [0.5, 0.6) is 5.75 Å². The number of benzene rings is 2. The van der Waals surface area contributed by atoms with E-state index in [0.29, 0.717) is 6.54 Å². The molecule has 0 saturated carbocycles. The van der Waals surface area contributed by atoms with E-state index in [2.05, 4.69) is 97.0 Å². The Morgan fingerprint density at radius 2 is 1.12 bits per heavy atom. The van der Waals surface area contributed by atoms with Crippen molar-refractivity contribution < 1.29 is 4.74 Å². The van der Waals surface area contributed by atoms with Crippen molar-refractivity contribution in [3.63, 3.8) is 0 Å². The fraction of sp³-hybridized carbons (Fsp3) is 0.500. The second kappa shape index (κ2) is 7.44. The maximum atomic E-state index is 5.98. The van der Waals surface area contributed by atoms with Gasteiger partial charge in [0.25, 0.3) is 0 Å². The van der Waals surface area contributed by atoms with Crippen LogP contribution in [0, 0.1) is 0 Å². The van der Waals surface area contributed by atoms with Crippen molar-refractivity contribution in [3.05, 3.63) is 65.2 Å². The van der Waals surface area contributed by atoms with E-state index in [9.17, 15) is 0 Å².